The smallest absolute Gasteiger partial charge is 0.347 e. The van der Waals surface area contributed by atoms with E-state index in [0.717, 1.165) is 21.9 Å². The van der Waals surface area contributed by atoms with Crippen LogP contribution in [0.25, 0.3) is 10.8 Å². The fourth-order valence-corrected chi connectivity index (χ4v) is 2.61. The number of fused-ring (bicyclic) bond motifs is 1. The monoisotopic (exact) mass is 306 g/mol. The number of aryl methyl sites for hydroxylation is 2. The van der Waals surface area contributed by atoms with E-state index in [-0.39, 0.29) is 11.3 Å². The number of esters is 1. The van der Waals surface area contributed by atoms with Crippen LogP contribution in [0.2, 0.25) is 0 Å². The van der Waals surface area contributed by atoms with Gasteiger partial charge >= 0.3 is 5.97 Å². The molecular weight excluding hydrogens is 288 g/mol. The van der Waals surface area contributed by atoms with Crippen molar-refractivity contribution in [3.63, 3.8) is 0 Å². The first-order chi connectivity index (χ1) is 11.0. The van der Waals surface area contributed by atoms with E-state index in [4.69, 9.17) is 4.74 Å². The largest absolute Gasteiger partial charge is 0.507 e. The molecule has 23 heavy (non-hydrogen) atoms. The summed E-state index contributed by atoms with van der Waals surface area (Å²) in [4.78, 5) is 12.4. The van der Waals surface area contributed by atoms with Gasteiger partial charge in [0.2, 0.25) is 0 Å². The van der Waals surface area contributed by atoms with Gasteiger partial charge in [0, 0.05) is 0 Å². The third-order valence-electron chi connectivity index (χ3n) is 4.20. The average Bonchev–Trinajstić information content (AvgIpc) is 2.51. The maximum absolute atomic E-state index is 12.4. The molecule has 0 heterocycles. The van der Waals surface area contributed by atoms with Crippen LogP contribution in [0.3, 0.4) is 0 Å². The van der Waals surface area contributed by atoms with E-state index < -0.39 is 5.97 Å². The fourth-order valence-electron chi connectivity index (χ4n) is 2.61. The Labute approximate surface area is 135 Å². The van der Waals surface area contributed by atoms with Crippen LogP contribution in [0.1, 0.15) is 27.0 Å². The van der Waals surface area contributed by atoms with Gasteiger partial charge in [0.15, 0.2) is 0 Å². The van der Waals surface area contributed by atoms with Crippen LogP contribution >= 0.6 is 0 Å². The molecule has 0 atom stereocenters. The first-order valence-electron chi connectivity index (χ1n) is 7.47. The van der Waals surface area contributed by atoms with Crippen molar-refractivity contribution in [3.8, 4) is 11.5 Å². The summed E-state index contributed by atoms with van der Waals surface area (Å²) in [5.74, 6) is -0.145. The number of benzene rings is 3. The first-order valence-corrected chi connectivity index (χ1v) is 7.47. The minimum Gasteiger partial charge on any atom is -0.507 e. The predicted molar refractivity (Wildman–Crippen MR) is 91.2 cm³/mol. The summed E-state index contributed by atoms with van der Waals surface area (Å²) in [6.07, 6.45) is 0. The third kappa shape index (κ3) is 2.90. The lowest BCUT2D eigenvalue weighted by molar-refractivity contribution is 0.0732. The lowest BCUT2D eigenvalue weighted by Crippen LogP contribution is -2.09. The molecule has 3 nitrogen and oxygen atoms in total. The molecule has 0 aromatic heterocycles. The molecule has 116 valence electrons. The van der Waals surface area contributed by atoms with Gasteiger partial charge in [0.1, 0.15) is 17.1 Å². The van der Waals surface area contributed by atoms with E-state index in [0.29, 0.717) is 5.75 Å². The quantitative estimate of drug-likeness (QED) is 0.552. The van der Waals surface area contributed by atoms with E-state index in [1.54, 1.807) is 12.1 Å². The Morgan fingerprint density at radius 3 is 2.09 bits per heavy atom. The molecule has 3 aromatic carbocycles. The van der Waals surface area contributed by atoms with Gasteiger partial charge in [-0.3, -0.25) is 0 Å². The minimum absolute atomic E-state index is 0.0748. The molecule has 0 aliphatic carbocycles. The Hall–Kier alpha value is -2.81. The molecule has 3 heteroatoms. The molecular formula is C20H18O3. The topological polar surface area (TPSA) is 46.5 Å². The molecule has 1 N–H and O–H groups in total. The molecule has 0 aliphatic heterocycles. The molecule has 0 amide bonds. The molecule has 0 aliphatic rings. The van der Waals surface area contributed by atoms with E-state index in [2.05, 4.69) is 0 Å². The Morgan fingerprint density at radius 1 is 0.913 bits per heavy atom. The minimum atomic E-state index is -0.559. The highest BCUT2D eigenvalue weighted by atomic mass is 16.5. The number of phenolic OH excluding ortho intramolecular Hbond substituents is 1. The first kappa shape index (κ1) is 15.1. The van der Waals surface area contributed by atoms with Crippen LogP contribution in [0.4, 0.5) is 0 Å². The lowest BCUT2D eigenvalue weighted by atomic mass is 10.0. The summed E-state index contributed by atoms with van der Waals surface area (Å²) >= 11 is 0. The van der Waals surface area contributed by atoms with Gasteiger partial charge in [-0.15, -0.1) is 0 Å². The van der Waals surface area contributed by atoms with E-state index in [9.17, 15) is 9.90 Å². The van der Waals surface area contributed by atoms with E-state index in [1.165, 1.54) is 5.56 Å². The Balaban J connectivity index is 1.96. The van der Waals surface area contributed by atoms with Crippen molar-refractivity contribution >= 4 is 16.7 Å². The number of ether oxygens (including phenoxy) is 1. The van der Waals surface area contributed by atoms with Gasteiger partial charge < -0.3 is 9.84 Å². The van der Waals surface area contributed by atoms with Crippen LogP contribution in [-0.2, 0) is 0 Å². The van der Waals surface area contributed by atoms with Crippen LogP contribution in [-0.4, -0.2) is 11.1 Å². The molecule has 3 aromatic rings. The molecule has 0 saturated heterocycles. The second-order valence-electron chi connectivity index (χ2n) is 5.79. The summed E-state index contributed by atoms with van der Waals surface area (Å²) < 4.78 is 5.45. The molecule has 3 rings (SSSR count). The maximum Gasteiger partial charge on any atom is 0.347 e. The molecule has 0 saturated carbocycles. The number of hydrogen-bond donors (Lipinski definition) is 1. The Kier molecular flexibility index (Phi) is 3.78. The third-order valence-corrected chi connectivity index (χ3v) is 4.20. The number of phenols is 1. The van der Waals surface area contributed by atoms with Gasteiger partial charge in [-0.25, -0.2) is 4.79 Å². The van der Waals surface area contributed by atoms with Crippen LogP contribution in [0.15, 0.2) is 48.5 Å². The number of rotatable bonds is 2. The molecule has 0 bridgehead atoms. The van der Waals surface area contributed by atoms with Crippen molar-refractivity contribution in [2.45, 2.75) is 20.8 Å². The van der Waals surface area contributed by atoms with Crippen molar-refractivity contribution in [2.75, 3.05) is 0 Å². The summed E-state index contributed by atoms with van der Waals surface area (Å²) in [5.41, 5.74) is 3.48. The molecule has 0 fully saturated rings. The summed E-state index contributed by atoms with van der Waals surface area (Å²) in [7, 11) is 0. The molecule has 0 spiro atoms. The molecule has 0 unspecified atom stereocenters. The van der Waals surface area contributed by atoms with Crippen molar-refractivity contribution < 1.29 is 14.6 Å². The summed E-state index contributed by atoms with van der Waals surface area (Å²) in [5, 5.41) is 11.9. The Morgan fingerprint density at radius 2 is 1.48 bits per heavy atom. The second kappa shape index (κ2) is 5.76. The Bertz CT molecular complexity index is 887. The van der Waals surface area contributed by atoms with Gasteiger partial charge in [-0.1, -0.05) is 24.3 Å². The number of aromatic hydroxyl groups is 1. The molecule has 0 radical (unpaired) electrons. The lowest BCUT2D eigenvalue weighted by Gasteiger charge is -2.11. The number of hydrogen-bond acceptors (Lipinski definition) is 3. The average molecular weight is 306 g/mol. The zero-order chi connectivity index (χ0) is 16.6. The number of carbonyl (C=O) groups is 1. The van der Waals surface area contributed by atoms with E-state index in [1.807, 2.05) is 57.2 Å². The normalized spacial score (nSPS) is 10.7. The highest BCUT2D eigenvalue weighted by Gasteiger charge is 2.15. The van der Waals surface area contributed by atoms with Gasteiger partial charge in [-0.2, -0.15) is 0 Å². The van der Waals surface area contributed by atoms with Crippen LogP contribution in [0, 0.1) is 20.8 Å². The predicted octanol–water partition coefficient (Wildman–Crippen LogP) is 4.69. The highest BCUT2D eigenvalue weighted by molar-refractivity contribution is 5.99. The van der Waals surface area contributed by atoms with Crippen molar-refractivity contribution in [3.05, 3.63) is 70.8 Å². The van der Waals surface area contributed by atoms with Crippen LogP contribution in [0.5, 0.6) is 11.5 Å². The van der Waals surface area contributed by atoms with Crippen molar-refractivity contribution in [1.82, 2.24) is 0 Å². The van der Waals surface area contributed by atoms with Crippen molar-refractivity contribution in [2.24, 2.45) is 0 Å². The van der Waals surface area contributed by atoms with Crippen LogP contribution < -0.4 is 4.74 Å². The SMILES string of the molecule is Cc1cc(OC(=O)c2cc3ccccc3cc2O)cc(C)c1C. The van der Waals surface area contributed by atoms with Crippen molar-refractivity contribution in [1.29, 1.82) is 0 Å². The zero-order valence-electron chi connectivity index (χ0n) is 13.4. The summed E-state index contributed by atoms with van der Waals surface area (Å²) in [6.45, 7) is 5.99. The second-order valence-corrected chi connectivity index (χ2v) is 5.79. The maximum atomic E-state index is 12.4. The van der Waals surface area contributed by atoms with Gasteiger partial charge in [0.05, 0.1) is 0 Å². The highest BCUT2D eigenvalue weighted by Crippen LogP contribution is 2.27. The standard InChI is InChI=1S/C20H18O3/c1-12-8-17(9-13(2)14(12)3)23-20(22)18-10-15-6-4-5-7-16(15)11-19(18)21/h4-11,21H,1-3H3. The van der Waals surface area contributed by atoms with Gasteiger partial charge in [-0.05, 0) is 72.5 Å². The number of carbonyl (C=O) groups excluding carboxylic acids is 1. The summed E-state index contributed by atoms with van der Waals surface area (Å²) in [6, 6.07) is 14.5. The van der Waals surface area contributed by atoms with E-state index >= 15 is 0 Å². The fraction of sp³-hybridized carbons (Fsp3) is 0.150. The van der Waals surface area contributed by atoms with Gasteiger partial charge in [0.25, 0.3) is 0 Å². The zero-order valence-corrected chi connectivity index (χ0v) is 13.4.